The van der Waals surface area contributed by atoms with Gasteiger partial charge in [-0.15, -0.1) is 11.3 Å². The van der Waals surface area contributed by atoms with Crippen LogP contribution in [-0.2, 0) is 0 Å². The fraction of sp³-hybridized carbons (Fsp3) is 0.267. The minimum atomic E-state index is -0.135. The maximum Gasteiger partial charge on any atom is 0.269 e. The highest BCUT2D eigenvalue weighted by molar-refractivity contribution is 7.13. The van der Waals surface area contributed by atoms with Gasteiger partial charge in [-0.05, 0) is 43.3 Å². The number of benzene rings is 1. The van der Waals surface area contributed by atoms with Crippen molar-refractivity contribution in [2.45, 2.75) is 20.8 Å². The molecular formula is C15H16ClNO2S. The number of nitrogens with zero attached hydrogens (tertiary/aromatic N) is 1. The standard InChI is InChI=1S/C15H16ClNO2S/c1-4-17(12-7-11(18)6-5-9(12)2)15(19)14-13(16)10(3)8-20-14/h5-8,18H,4H2,1-3H3. The third-order valence-electron chi connectivity index (χ3n) is 3.14. The van der Waals surface area contributed by atoms with Gasteiger partial charge in [0.15, 0.2) is 0 Å². The molecule has 0 unspecified atom stereocenters. The molecule has 0 aliphatic heterocycles. The maximum atomic E-state index is 12.6. The molecule has 3 nitrogen and oxygen atoms in total. The van der Waals surface area contributed by atoms with Crippen molar-refractivity contribution in [1.29, 1.82) is 0 Å². The molecule has 2 rings (SSSR count). The van der Waals surface area contributed by atoms with E-state index in [1.807, 2.05) is 26.2 Å². The average molecular weight is 310 g/mol. The van der Waals surface area contributed by atoms with Crippen LogP contribution in [-0.4, -0.2) is 17.6 Å². The van der Waals surface area contributed by atoms with Gasteiger partial charge >= 0.3 is 0 Å². The Morgan fingerprint density at radius 3 is 2.60 bits per heavy atom. The number of phenolic OH excluding ortho intramolecular Hbond substituents is 1. The number of aromatic hydroxyl groups is 1. The molecule has 0 atom stereocenters. The van der Waals surface area contributed by atoms with E-state index < -0.39 is 0 Å². The highest BCUT2D eigenvalue weighted by Crippen LogP contribution is 2.32. The molecule has 106 valence electrons. The molecule has 0 aliphatic carbocycles. The molecular weight excluding hydrogens is 294 g/mol. The second-order valence-corrected chi connectivity index (χ2v) is 5.84. The zero-order chi connectivity index (χ0) is 14.9. The Morgan fingerprint density at radius 1 is 1.35 bits per heavy atom. The Morgan fingerprint density at radius 2 is 2.05 bits per heavy atom. The van der Waals surface area contributed by atoms with E-state index in [4.69, 9.17) is 11.6 Å². The Bertz CT molecular complexity index is 651. The second-order valence-electron chi connectivity index (χ2n) is 4.58. The van der Waals surface area contributed by atoms with Crippen LogP contribution >= 0.6 is 22.9 Å². The zero-order valence-corrected chi connectivity index (χ0v) is 13.2. The van der Waals surface area contributed by atoms with Gasteiger partial charge in [-0.1, -0.05) is 17.7 Å². The number of anilines is 1. The predicted molar refractivity (Wildman–Crippen MR) is 84.3 cm³/mol. The maximum absolute atomic E-state index is 12.6. The summed E-state index contributed by atoms with van der Waals surface area (Å²) in [7, 11) is 0. The number of carbonyl (C=O) groups is 1. The third kappa shape index (κ3) is 2.67. The van der Waals surface area contributed by atoms with Gasteiger partial charge in [0.25, 0.3) is 5.91 Å². The van der Waals surface area contributed by atoms with E-state index in [0.29, 0.717) is 22.1 Å². The molecule has 1 amide bonds. The van der Waals surface area contributed by atoms with Crippen LogP contribution in [0.4, 0.5) is 5.69 Å². The Labute approximate surface area is 127 Å². The second kappa shape index (κ2) is 5.85. The van der Waals surface area contributed by atoms with Crippen LogP contribution in [0.1, 0.15) is 27.7 Å². The highest BCUT2D eigenvalue weighted by Gasteiger charge is 2.22. The number of phenols is 1. The summed E-state index contributed by atoms with van der Waals surface area (Å²) in [6.45, 7) is 6.20. The van der Waals surface area contributed by atoms with Crippen molar-refractivity contribution in [2.75, 3.05) is 11.4 Å². The summed E-state index contributed by atoms with van der Waals surface area (Å²) in [5.41, 5.74) is 2.55. The van der Waals surface area contributed by atoms with Gasteiger partial charge in [-0.3, -0.25) is 4.79 Å². The molecule has 1 aromatic heterocycles. The number of rotatable bonds is 3. The van der Waals surface area contributed by atoms with E-state index >= 15 is 0 Å². The Balaban J connectivity index is 2.44. The van der Waals surface area contributed by atoms with Crippen LogP contribution in [0.15, 0.2) is 23.6 Å². The smallest absolute Gasteiger partial charge is 0.269 e. The summed E-state index contributed by atoms with van der Waals surface area (Å²) in [4.78, 5) is 14.8. The monoisotopic (exact) mass is 309 g/mol. The van der Waals surface area contributed by atoms with Gasteiger partial charge in [0.1, 0.15) is 10.6 Å². The molecule has 0 saturated heterocycles. The summed E-state index contributed by atoms with van der Waals surface area (Å²) in [6, 6.07) is 5.01. The zero-order valence-electron chi connectivity index (χ0n) is 11.6. The SMILES string of the molecule is CCN(C(=O)c1scc(C)c1Cl)c1cc(O)ccc1C. The molecule has 2 aromatic rings. The van der Waals surface area contributed by atoms with Gasteiger partial charge in [0.2, 0.25) is 0 Å². The number of hydrogen-bond acceptors (Lipinski definition) is 3. The topological polar surface area (TPSA) is 40.5 Å². The van der Waals surface area contributed by atoms with Crippen LogP contribution < -0.4 is 4.90 Å². The van der Waals surface area contributed by atoms with Gasteiger partial charge in [0, 0.05) is 12.6 Å². The number of aryl methyl sites for hydroxylation is 2. The van der Waals surface area contributed by atoms with Crippen molar-refractivity contribution in [3.8, 4) is 5.75 Å². The third-order valence-corrected chi connectivity index (χ3v) is 4.82. The summed E-state index contributed by atoms with van der Waals surface area (Å²) in [6.07, 6.45) is 0. The lowest BCUT2D eigenvalue weighted by Crippen LogP contribution is -2.30. The van der Waals surface area contributed by atoms with Crippen molar-refractivity contribution in [3.05, 3.63) is 44.6 Å². The molecule has 20 heavy (non-hydrogen) atoms. The van der Waals surface area contributed by atoms with Crippen molar-refractivity contribution in [1.82, 2.24) is 0 Å². The number of thiophene rings is 1. The Hall–Kier alpha value is -1.52. The fourth-order valence-electron chi connectivity index (χ4n) is 2.01. The first-order valence-electron chi connectivity index (χ1n) is 6.30. The van der Waals surface area contributed by atoms with E-state index in [9.17, 15) is 9.90 Å². The Kier molecular flexibility index (Phi) is 4.35. The molecule has 0 radical (unpaired) electrons. The molecule has 1 N–H and O–H groups in total. The lowest BCUT2D eigenvalue weighted by atomic mass is 10.1. The predicted octanol–water partition coefficient (Wildman–Crippen LogP) is 4.39. The van der Waals surface area contributed by atoms with Crippen molar-refractivity contribution in [3.63, 3.8) is 0 Å². The van der Waals surface area contributed by atoms with E-state index in [1.54, 1.807) is 23.1 Å². The van der Waals surface area contributed by atoms with E-state index in [1.165, 1.54) is 11.3 Å². The minimum absolute atomic E-state index is 0.135. The van der Waals surface area contributed by atoms with Crippen molar-refractivity contribution < 1.29 is 9.90 Å². The van der Waals surface area contributed by atoms with E-state index in [2.05, 4.69) is 0 Å². The summed E-state index contributed by atoms with van der Waals surface area (Å²) in [5.74, 6) is 0.00890. The van der Waals surface area contributed by atoms with E-state index in [-0.39, 0.29) is 11.7 Å². The molecule has 0 saturated carbocycles. The normalized spacial score (nSPS) is 10.6. The van der Waals surface area contributed by atoms with Crippen LogP contribution in [0.25, 0.3) is 0 Å². The number of halogens is 1. The van der Waals surface area contributed by atoms with Crippen LogP contribution in [0.2, 0.25) is 5.02 Å². The first-order valence-corrected chi connectivity index (χ1v) is 7.56. The lowest BCUT2D eigenvalue weighted by molar-refractivity contribution is 0.0992. The number of amides is 1. The van der Waals surface area contributed by atoms with Gasteiger partial charge < -0.3 is 10.0 Å². The minimum Gasteiger partial charge on any atom is -0.508 e. The number of carbonyl (C=O) groups excluding carboxylic acids is 1. The van der Waals surface area contributed by atoms with Crippen molar-refractivity contribution >= 4 is 34.5 Å². The van der Waals surface area contributed by atoms with Gasteiger partial charge in [-0.25, -0.2) is 0 Å². The molecule has 5 heteroatoms. The quantitative estimate of drug-likeness (QED) is 0.913. The first-order chi connectivity index (χ1) is 9.45. The van der Waals surface area contributed by atoms with Crippen LogP contribution in [0.3, 0.4) is 0 Å². The average Bonchev–Trinajstić information content (AvgIpc) is 2.75. The summed E-state index contributed by atoms with van der Waals surface area (Å²) >= 11 is 7.52. The van der Waals surface area contributed by atoms with Crippen molar-refractivity contribution in [2.24, 2.45) is 0 Å². The van der Waals surface area contributed by atoms with Gasteiger partial charge in [-0.2, -0.15) is 0 Å². The van der Waals surface area contributed by atoms with E-state index in [0.717, 1.165) is 11.1 Å². The largest absolute Gasteiger partial charge is 0.508 e. The molecule has 0 spiro atoms. The summed E-state index contributed by atoms with van der Waals surface area (Å²) in [5, 5.41) is 12.0. The highest BCUT2D eigenvalue weighted by atomic mass is 35.5. The number of hydrogen-bond donors (Lipinski definition) is 1. The molecule has 0 bridgehead atoms. The lowest BCUT2D eigenvalue weighted by Gasteiger charge is -2.22. The molecule has 1 aromatic carbocycles. The van der Waals surface area contributed by atoms with Crippen LogP contribution in [0, 0.1) is 13.8 Å². The summed E-state index contributed by atoms with van der Waals surface area (Å²) < 4.78 is 0. The first kappa shape index (κ1) is 14.9. The molecule has 0 fully saturated rings. The molecule has 0 aliphatic rings. The van der Waals surface area contributed by atoms with Gasteiger partial charge in [0.05, 0.1) is 10.7 Å². The fourth-order valence-corrected chi connectivity index (χ4v) is 3.23. The molecule has 1 heterocycles. The van der Waals surface area contributed by atoms with Crippen LogP contribution in [0.5, 0.6) is 5.75 Å².